The molecule has 18 heavy (non-hydrogen) atoms. The number of nitrogens with one attached hydrogen (secondary N) is 1. The second-order valence-corrected chi connectivity index (χ2v) is 6.33. The van der Waals surface area contributed by atoms with Crippen molar-refractivity contribution in [2.75, 3.05) is 18.0 Å². The van der Waals surface area contributed by atoms with Crippen molar-refractivity contribution in [1.29, 1.82) is 0 Å². The van der Waals surface area contributed by atoms with Gasteiger partial charge < -0.3 is 10.2 Å². The highest BCUT2D eigenvalue weighted by Crippen LogP contribution is 2.26. The molecule has 0 aromatic heterocycles. The van der Waals surface area contributed by atoms with Crippen LogP contribution < -0.4 is 10.2 Å². The lowest BCUT2D eigenvalue weighted by Gasteiger charge is -2.30. The van der Waals surface area contributed by atoms with Gasteiger partial charge in [0.25, 0.3) is 0 Å². The summed E-state index contributed by atoms with van der Waals surface area (Å²) in [6, 6.07) is 6.08. The molecule has 1 aromatic carbocycles. The minimum absolute atomic E-state index is 0.0521. The fraction of sp³-hybridized carbons (Fsp3) is 0.500. The van der Waals surface area contributed by atoms with Crippen LogP contribution in [0.4, 0.5) is 5.69 Å². The summed E-state index contributed by atoms with van der Waals surface area (Å²) in [5.74, 6) is 0.184. The summed E-state index contributed by atoms with van der Waals surface area (Å²) in [6.07, 6.45) is 0.551. The highest BCUT2D eigenvalue weighted by molar-refractivity contribution is 9.10. The second-order valence-electron chi connectivity index (χ2n) is 5.47. The molecule has 1 saturated heterocycles. The monoisotopic (exact) mass is 310 g/mol. The topological polar surface area (TPSA) is 32.3 Å². The number of anilines is 1. The van der Waals surface area contributed by atoms with E-state index in [1.165, 1.54) is 5.56 Å². The molecule has 1 heterocycles. The van der Waals surface area contributed by atoms with Gasteiger partial charge in [-0.3, -0.25) is 4.79 Å². The number of rotatable bonds is 1. The number of carbonyl (C=O) groups is 1. The van der Waals surface area contributed by atoms with E-state index in [9.17, 15) is 4.79 Å². The van der Waals surface area contributed by atoms with Crippen LogP contribution in [-0.4, -0.2) is 24.5 Å². The van der Waals surface area contributed by atoms with Gasteiger partial charge >= 0.3 is 0 Å². The molecular weight excluding hydrogens is 292 g/mol. The molecule has 98 valence electrons. The van der Waals surface area contributed by atoms with Crippen LogP contribution in [0.15, 0.2) is 22.7 Å². The summed E-state index contributed by atoms with van der Waals surface area (Å²) < 4.78 is 1.04. The van der Waals surface area contributed by atoms with Gasteiger partial charge in [0, 0.05) is 35.2 Å². The lowest BCUT2D eigenvalue weighted by Crippen LogP contribution is -2.47. The largest absolute Gasteiger partial charge is 0.311 e. The minimum atomic E-state index is -0.0521. The molecule has 4 heteroatoms. The van der Waals surface area contributed by atoms with Crippen molar-refractivity contribution < 1.29 is 4.79 Å². The fourth-order valence-electron chi connectivity index (χ4n) is 2.17. The number of benzene rings is 1. The van der Waals surface area contributed by atoms with E-state index in [-0.39, 0.29) is 11.4 Å². The molecule has 0 saturated carbocycles. The highest BCUT2D eigenvalue weighted by atomic mass is 79.9. The molecule has 1 fully saturated rings. The number of hydrogen-bond donors (Lipinski definition) is 1. The Morgan fingerprint density at radius 2 is 2.11 bits per heavy atom. The van der Waals surface area contributed by atoms with Crippen LogP contribution in [0.5, 0.6) is 0 Å². The lowest BCUT2D eigenvalue weighted by molar-refractivity contribution is -0.118. The van der Waals surface area contributed by atoms with E-state index in [4.69, 9.17) is 0 Å². The Hall–Kier alpha value is -0.870. The Labute approximate surface area is 117 Å². The molecule has 0 radical (unpaired) electrons. The molecule has 2 rings (SSSR count). The zero-order valence-electron chi connectivity index (χ0n) is 11.1. The maximum absolute atomic E-state index is 12.2. The van der Waals surface area contributed by atoms with Gasteiger partial charge in [0.05, 0.1) is 0 Å². The van der Waals surface area contributed by atoms with Crippen molar-refractivity contribution >= 4 is 27.5 Å². The molecule has 1 N–H and O–H groups in total. The van der Waals surface area contributed by atoms with Gasteiger partial charge in [-0.15, -0.1) is 0 Å². The van der Waals surface area contributed by atoms with Gasteiger partial charge in [-0.25, -0.2) is 0 Å². The van der Waals surface area contributed by atoms with E-state index < -0.39 is 0 Å². The first-order valence-electron chi connectivity index (χ1n) is 6.21. The first-order valence-corrected chi connectivity index (χ1v) is 7.00. The zero-order valence-corrected chi connectivity index (χ0v) is 12.7. The van der Waals surface area contributed by atoms with Crippen molar-refractivity contribution in [3.63, 3.8) is 0 Å². The van der Waals surface area contributed by atoms with Gasteiger partial charge in [0.2, 0.25) is 5.91 Å². The molecule has 0 atom stereocenters. The number of nitrogens with zero attached hydrogens (tertiary/aromatic N) is 1. The van der Waals surface area contributed by atoms with E-state index in [2.05, 4.69) is 35.1 Å². The first kappa shape index (κ1) is 13.6. The summed E-state index contributed by atoms with van der Waals surface area (Å²) in [7, 11) is 0. The number of carbonyl (C=O) groups excluding carboxylic acids is 1. The maximum Gasteiger partial charge on any atom is 0.228 e. The van der Waals surface area contributed by atoms with Crippen LogP contribution in [0.2, 0.25) is 0 Å². The molecule has 0 bridgehead atoms. The Morgan fingerprint density at radius 3 is 2.78 bits per heavy atom. The molecule has 0 unspecified atom stereocenters. The molecule has 0 spiro atoms. The Bertz CT molecular complexity index is 471. The third kappa shape index (κ3) is 2.93. The average Bonchev–Trinajstić information content (AvgIpc) is 2.42. The molecular formula is C14H19BrN2O. The highest BCUT2D eigenvalue weighted by Gasteiger charge is 2.29. The van der Waals surface area contributed by atoms with E-state index in [1.807, 2.05) is 30.0 Å². The van der Waals surface area contributed by atoms with Crippen molar-refractivity contribution in [2.24, 2.45) is 0 Å². The van der Waals surface area contributed by atoms with E-state index >= 15 is 0 Å². The van der Waals surface area contributed by atoms with Gasteiger partial charge in [-0.1, -0.05) is 22.0 Å². The molecule has 1 aliphatic heterocycles. The summed E-state index contributed by atoms with van der Waals surface area (Å²) in [6.45, 7) is 7.74. The summed E-state index contributed by atoms with van der Waals surface area (Å²) in [5.41, 5.74) is 2.09. The zero-order chi connectivity index (χ0) is 13.3. The van der Waals surface area contributed by atoms with E-state index in [0.29, 0.717) is 13.0 Å². The van der Waals surface area contributed by atoms with Gasteiger partial charge in [0.15, 0.2) is 0 Å². The van der Waals surface area contributed by atoms with Crippen LogP contribution in [0.3, 0.4) is 0 Å². The summed E-state index contributed by atoms with van der Waals surface area (Å²) in [4.78, 5) is 14.0. The van der Waals surface area contributed by atoms with Crippen LogP contribution >= 0.6 is 15.9 Å². The smallest absolute Gasteiger partial charge is 0.228 e. The number of halogens is 1. The van der Waals surface area contributed by atoms with E-state index in [0.717, 1.165) is 16.7 Å². The predicted molar refractivity (Wildman–Crippen MR) is 77.9 cm³/mol. The molecule has 1 aromatic rings. The molecule has 1 amide bonds. The Balaban J connectivity index is 2.33. The van der Waals surface area contributed by atoms with Gasteiger partial charge in [0.1, 0.15) is 0 Å². The van der Waals surface area contributed by atoms with Crippen molar-refractivity contribution in [2.45, 2.75) is 32.7 Å². The van der Waals surface area contributed by atoms with Crippen LogP contribution in [0.25, 0.3) is 0 Å². The van der Waals surface area contributed by atoms with Gasteiger partial charge in [-0.2, -0.15) is 0 Å². The minimum Gasteiger partial charge on any atom is -0.311 e. The molecule has 3 nitrogen and oxygen atoms in total. The van der Waals surface area contributed by atoms with Crippen molar-refractivity contribution in [3.05, 3.63) is 28.2 Å². The quantitative estimate of drug-likeness (QED) is 0.865. The summed E-state index contributed by atoms with van der Waals surface area (Å²) >= 11 is 3.53. The number of aryl methyl sites for hydroxylation is 1. The lowest BCUT2D eigenvalue weighted by atomic mass is 10.1. The first-order chi connectivity index (χ1) is 8.39. The Kier molecular flexibility index (Phi) is 3.78. The standard InChI is InChI=1S/C14H19BrN2O/c1-10-4-5-11(8-12(10)15)17-9-14(2,3)16-7-6-13(17)18/h4-5,8,16H,6-7,9H2,1-3H3. The van der Waals surface area contributed by atoms with Crippen molar-refractivity contribution in [3.8, 4) is 0 Å². The van der Waals surface area contributed by atoms with Gasteiger partial charge in [-0.05, 0) is 38.5 Å². The SMILES string of the molecule is Cc1ccc(N2CC(C)(C)NCCC2=O)cc1Br. The normalized spacial score (nSPS) is 19.8. The van der Waals surface area contributed by atoms with Crippen molar-refractivity contribution in [1.82, 2.24) is 5.32 Å². The maximum atomic E-state index is 12.2. The fourth-order valence-corrected chi connectivity index (χ4v) is 2.53. The number of hydrogen-bond acceptors (Lipinski definition) is 2. The second kappa shape index (κ2) is 5.02. The molecule has 0 aliphatic carbocycles. The third-order valence-corrected chi connectivity index (χ3v) is 4.12. The van der Waals surface area contributed by atoms with Crippen LogP contribution in [0.1, 0.15) is 25.8 Å². The van der Waals surface area contributed by atoms with Crippen LogP contribution in [0, 0.1) is 6.92 Å². The Morgan fingerprint density at radius 1 is 1.39 bits per heavy atom. The predicted octanol–water partition coefficient (Wildman–Crippen LogP) is 2.86. The number of amides is 1. The van der Waals surface area contributed by atoms with Crippen LogP contribution in [-0.2, 0) is 4.79 Å². The molecule has 1 aliphatic rings. The van der Waals surface area contributed by atoms with E-state index in [1.54, 1.807) is 0 Å². The third-order valence-electron chi connectivity index (χ3n) is 3.26. The summed E-state index contributed by atoms with van der Waals surface area (Å²) in [5, 5.41) is 3.40. The average molecular weight is 311 g/mol.